The number of hydrogen-bond donors (Lipinski definition) is 0. The zero-order chi connectivity index (χ0) is 26.0. The Morgan fingerprint density at radius 3 is 2.57 bits per heavy atom. The number of likely N-dealkylation sites (tertiary alicyclic amines) is 1. The standard InChI is InChI=1S/C32H44N2O3/c1-23(2)20-34(31(35)25-9-6-5-7-10-25)27-18-30(37-4)29-22-33(21-24-13-14-24)16-15-32(29,19-27)26-11-8-12-28(17-26)36-3/h5-12,17,23-24,27,29-30H,13-16,18-22H2,1-4H3/t27-,29?,30?,32?/m0/s1. The Morgan fingerprint density at radius 1 is 1.11 bits per heavy atom. The van der Waals surface area contributed by atoms with Crippen molar-refractivity contribution in [1.29, 1.82) is 0 Å². The first-order valence-corrected chi connectivity index (χ1v) is 14.2. The lowest BCUT2D eigenvalue weighted by Crippen LogP contribution is -2.62. The number of piperidine rings is 1. The highest BCUT2D eigenvalue weighted by molar-refractivity contribution is 5.94. The molecule has 3 unspecified atom stereocenters. The minimum atomic E-state index is -0.0512. The average molecular weight is 505 g/mol. The van der Waals surface area contributed by atoms with Crippen LogP contribution in [0.3, 0.4) is 0 Å². The summed E-state index contributed by atoms with van der Waals surface area (Å²) in [5.41, 5.74) is 2.06. The van der Waals surface area contributed by atoms with Crippen LogP contribution in [0.4, 0.5) is 0 Å². The maximum atomic E-state index is 13.9. The van der Waals surface area contributed by atoms with Gasteiger partial charge in [0.05, 0.1) is 13.2 Å². The smallest absolute Gasteiger partial charge is 0.254 e. The molecule has 1 amide bonds. The van der Waals surface area contributed by atoms with Crippen LogP contribution >= 0.6 is 0 Å². The zero-order valence-corrected chi connectivity index (χ0v) is 23.1. The third-order valence-corrected chi connectivity index (χ3v) is 9.04. The maximum absolute atomic E-state index is 13.9. The number of fused-ring (bicyclic) bond motifs is 1. The molecule has 0 bridgehead atoms. The van der Waals surface area contributed by atoms with Crippen molar-refractivity contribution in [2.24, 2.45) is 17.8 Å². The number of amides is 1. The van der Waals surface area contributed by atoms with Crippen molar-refractivity contribution in [2.75, 3.05) is 40.4 Å². The number of carbonyl (C=O) groups excluding carboxylic acids is 1. The van der Waals surface area contributed by atoms with Crippen molar-refractivity contribution in [2.45, 2.75) is 63.5 Å². The first kappa shape index (κ1) is 26.2. The number of hydrogen-bond acceptors (Lipinski definition) is 4. The van der Waals surface area contributed by atoms with E-state index in [1.807, 2.05) is 43.5 Å². The normalized spacial score (nSPS) is 28.1. The lowest BCUT2D eigenvalue weighted by atomic mass is 9.56. The Morgan fingerprint density at radius 2 is 1.89 bits per heavy atom. The van der Waals surface area contributed by atoms with Crippen LogP contribution in [0.2, 0.25) is 0 Å². The highest BCUT2D eigenvalue weighted by Gasteiger charge is 2.54. The van der Waals surface area contributed by atoms with E-state index in [-0.39, 0.29) is 23.5 Å². The second-order valence-corrected chi connectivity index (χ2v) is 12.0. The molecular formula is C32H44N2O3. The van der Waals surface area contributed by atoms with Crippen LogP contribution in [-0.2, 0) is 10.2 Å². The molecule has 3 aliphatic rings. The molecule has 0 aromatic heterocycles. The van der Waals surface area contributed by atoms with Crippen molar-refractivity contribution in [1.82, 2.24) is 9.80 Å². The summed E-state index contributed by atoms with van der Waals surface area (Å²) < 4.78 is 12.0. The van der Waals surface area contributed by atoms with Crippen molar-refractivity contribution in [3.05, 3.63) is 65.7 Å². The van der Waals surface area contributed by atoms with Gasteiger partial charge in [0, 0.05) is 49.7 Å². The fourth-order valence-electron chi connectivity index (χ4n) is 7.03. The van der Waals surface area contributed by atoms with Gasteiger partial charge in [0.1, 0.15) is 5.75 Å². The van der Waals surface area contributed by atoms with Gasteiger partial charge in [-0.25, -0.2) is 0 Å². The first-order valence-electron chi connectivity index (χ1n) is 14.2. The molecule has 37 heavy (non-hydrogen) atoms. The SMILES string of the molecule is COc1cccc(C23CCN(CC4CC4)CC2C(OC)C[C@H](N(CC(C)C)C(=O)c2ccccc2)C3)c1. The van der Waals surface area contributed by atoms with Gasteiger partial charge in [-0.15, -0.1) is 0 Å². The van der Waals surface area contributed by atoms with Crippen LogP contribution in [0.25, 0.3) is 0 Å². The van der Waals surface area contributed by atoms with Crippen LogP contribution in [0, 0.1) is 17.8 Å². The Balaban J connectivity index is 1.52. The van der Waals surface area contributed by atoms with E-state index in [4.69, 9.17) is 9.47 Å². The molecular weight excluding hydrogens is 460 g/mol. The molecule has 2 aliphatic carbocycles. The predicted octanol–water partition coefficient (Wildman–Crippen LogP) is 5.64. The maximum Gasteiger partial charge on any atom is 0.254 e. The van der Waals surface area contributed by atoms with Crippen molar-refractivity contribution in [3.63, 3.8) is 0 Å². The molecule has 0 spiro atoms. The quantitative estimate of drug-likeness (QED) is 0.443. The zero-order valence-electron chi connectivity index (χ0n) is 23.1. The Bertz CT molecular complexity index is 1050. The predicted molar refractivity (Wildman–Crippen MR) is 148 cm³/mol. The molecule has 2 aromatic rings. The average Bonchev–Trinajstić information content (AvgIpc) is 3.75. The molecule has 0 N–H and O–H groups in total. The summed E-state index contributed by atoms with van der Waals surface area (Å²) in [5.74, 6) is 2.70. The van der Waals surface area contributed by atoms with Crippen LogP contribution in [0.5, 0.6) is 5.75 Å². The molecule has 2 aromatic carbocycles. The topological polar surface area (TPSA) is 42.0 Å². The lowest BCUT2D eigenvalue weighted by Gasteiger charge is -2.57. The summed E-state index contributed by atoms with van der Waals surface area (Å²) in [6.07, 6.45) is 5.80. The fourth-order valence-corrected chi connectivity index (χ4v) is 7.03. The lowest BCUT2D eigenvalue weighted by molar-refractivity contribution is -0.0824. The Labute approximate surface area is 223 Å². The van der Waals surface area contributed by atoms with Gasteiger partial charge in [0.2, 0.25) is 0 Å². The first-order chi connectivity index (χ1) is 17.9. The largest absolute Gasteiger partial charge is 0.497 e. The van der Waals surface area contributed by atoms with Gasteiger partial charge in [0.25, 0.3) is 5.91 Å². The van der Waals surface area contributed by atoms with E-state index < -0.39 is 0 Å². The minimum absolute atomic E-state index is 0.0512. The highest BCUT2D eigenvalue weighted by atomic mass is 16.5. The molecule has 5 nitrogen and oxygen atoms in total. The molecule has 0 radical (unpaired) electrons. The monoisotopic (exact) mass is 504 g/mol. The van der Waals surface area contributed by atoms with Crippen LogP contribution in [0.1, 0.15) is 61.9 Å². The summed E-state index contributed by atoms with van der Waals surface area (Å²) in [6, 6.07) is 18.6. The van der Waals surface area contributed by atoms with Crippen molar-refractivity contribution in [3.8, 4) is 5.75 Å². The minimum Gasteiger partial charge on any atom is -0.497 e. The molecule has 200 valence electrons. The third kappa shape index (κ3) is 5.58. The van der Waals surface area contributed by atoms with Gasteiger partial charge in [0.15, 0.2) is 0 Å². The number of nitrogens with zero attached hydrogens (tertiary/aromatic N) is 2. The second-order valence-electron chi connectivity index (χ2n) is 12.0. The summed E-state index contributed by atoms with van der Waals surface area (Å²) >= 11 is 0. The molecule has 1 heterocycles. The number of rotatable bonds is 9. The molecule has 5 rings (SSSR count). The molecule has 1 saturated heterocycles. The molecule has 1 aliphatic heterocycles. The van der Waals surface area contributed by atoms with Crippen LogP contribution in [0.15, 0.2) is 54.6 Å². The van der Waals surface area contributed by atoms with Crippen LogP contribution in [-0.4, -0.2) is 68.3 Å². The Hall–Kier alpha value is -2.37. The van der Waals surface area contributed by atoms with Crippen molar-refractivity contribution >= 4 is 5.91 Å². The van der Waals surface area contributed by atoms with E-state index in [2.05, 4.69) is 41.8 Å². The van der Waals surface area contributed by atoms with E-state index in [1.165, 1.54) is 24.9 Å². The van der Waals surface area contributed by atoms with Crippen molar-refractivity contribution < 1.29 is 14.3 Å². The third-order valence-electron chi connectivity index (χ3n) is 9.04. The molecule has 2 saturated carbocycles. The van der Waals surface area contributed by atoms with Crippen LogP contribution < -0.4 is 4.74 Å². The number of carbonyl (C=O) groups is 1. The molecule has 4 atom stereocenters. The van der Waals surface area contributed by atoms with E-state index >= 15 is 0 Å². The molecule has 3 fully saturated rings. The van der Waals surface area contributed by atoms with E-state index in [1.54, 1.807) is 7.11 Å². The van der Waals surface area contributed by atoms with E-state index in [0.29, 0.717) is 11.8 Å². The van der Waals surface area contributed by atoms with Gasteiger partial charge in [-0.2, -0.15) is 0 Å². The number of methoxy groups -OCH3 is 2. The van der Waals surface area contributed by atoms with Gasteiger partial charge in [-0.1, -0.05) is 44.2 Å². The van der Waals surface area contributed by atoms with Gasteiger partial charge < -0.3 is 19.3 Å². The number of benzene rings is 2. The highest BCUT2D eigenvalue weighted by Crippen LogP contribution is 2.52. The summed E-state index contributed by atoms with van der Waals surface area (Å²) in [6.45, 7) is 8.55. The second kappa shape index (κ2) is 11.2. The van der Waals surface area contributed by atoms with Gasteiger partial charge >= 0.3 is 0 Å². The van der Waals surface area contributed by atoms with E-state index in [0.717, 1.165) is 56.1 Å². The Kier molecular flexibility index (Phi) is 7.92. The number of ether oxygens (including phenoxy) is 2. The fraction of sp³-hybridized carbons (Fsp3) is 0.594. The van der Waals surface area contributed by atoms with Gasteiger partial charge in [-0.05, 0) is 80.3 Å². The summed E-state index contributed by atoms with van der Waals surface area (Å²) in [5, 5.41) is 0. The summed E-state index contributed by atoms with van der Waals surface area (Å²) in [4.78, 5) is 18.8. The molecule has 5 heteroatoms. The van der Waals surface area contributed by atoms with E-state index in [9.17, 15) is 4.79 Å². The van der Waals surface area contributed by atoms with Gasteiger partial charge in [-0.3, -0.25) is 4.79 Å². The summed E-state index contributed by atoms with van der Waals surface area (Å²) in [7, 11) is 3.62.